The highest BCUT2D eigenvalue weighted by atomic mass is 16.5. The Hall–Kier alpha value is -1.14. The van der Waals surface area contributed by atoms with Gasteiger partial charge in [-0.3, -0.25) is 9.59 Å². The first-order valence-corrected chi connectivity index (χ1v) is 7.21. The van der Waals surface area contributed by atoms with E-state index in [1.807, 2.05) is 20.8 Å². The van der Waals surface area contributed by atoms with E-state index in [0.717, 1.165) is 0 Å². The van der Waals surface area contributed by atoms with Crippen LogP contribution >= 0.6 is 0 Å². The standard InChI is InChI=1S/C14H26N2O4/c1-4-20-14(2,3)10-15-9-12(17)16-7-5-11(6-8-16)13(18)19/h11,15H,4-10H2,1-3H3,(H,18,19). The van der Waals surface area contributed by atoms with Gasteiger partial charge in [0.1, 0.15) is 0 Å². The average molecular weight is 286 g/mol. The molecule has 1 fully saturated rings. The van der Waals surface area contributed by atoms with E-state index in [1.165, 1.54) is 0 Å². The molecule has 6 nitrogen and oxygen atoms in total. The second-order valence-electron chi connectivity index (χ2n) is 5.79. The number of hydrogen-bond donors (Lipinski definition) is 2. The van der Waals surface area contributed by atoms with Gasteiger partial charge in [0, 0.05) is 26.2 Å². The second-order valence-corrected chi connectivity index (χ2v) is 5.79. The number of amides is 1. The zero-order valence-corrected chi connectivity index (χ0v) is 12.6. The third-order valence-corrected chi connectivity index (χ3v) is 3.56. The minimum atomic E-state index is -0.756. The number of hydrogen-bond acceptors (Lipinski definition) is 4. The molecule has 1 saturated heterocycles. The first kappa shape index (κ1) is 16.9. The summed E-state index contributed by atoms with van der Waals surface area (Å²) < 4.78 is 5.54. The predicted octanol–water partition coefficient (Wildman–Crippen LogP) is 0.714. The summed E-state index contributed by atoms with van der Waals surface area (Å²) in [6, 6.07) is 0. The molecule has 0 atom stereocenters. The van der Waals surface area contributed by atoms with Crippen LogP contribution in [0.25, 0.3) is 0 Å². The minimum absolute atomic E-state index is 0.0288. The topological polar surface area (TPSA) is 78.9 Å². The summed E-state index contributed by atoms with van der Waals surface area (Å²) in [6.07, 6.45) is 1.09. The van der Waals surface area contributed by atoms with E-state index in [0.29, 0.717) is 39.1 Å². The maximum Gasteiger partial charge on any atom is 0.306 e. The smallest absolute Gasteiger partial charge is 0.306 e. The zero-order valence-electron chi connectivity index (χ0n) is 12.6. The van der Waals surface area contributed by atoms with Crippen molar-refractivity contribution in [3.63, 3.8) is 0 Å². The molecule has 0 radical (unpaired) electrons. The molecule has 116 valence electrons. The molecule has 0 aliphatic carbocycles. The number of piperidine rings is 1. The summed E-state index contributed by atoms with van der Waals surface area (Å²) in [5, 5.41) is 12.0. The monoisotopic (exact) mass is 286 g/mol. The van der Waals surface area contributed by atoms with Gasteiger partial charge in [-0.15, -0.1) is 0 Å². The molecule has 6 heteroatoms. The fourth-order valence-electron chi connectivity index (χ4n) is 2.40. The average Bonchev–Trinajstić information content (AvgIpc) is 2.38. The van der Waals surface area contributed by atoms with E-state index in [-0.39, 0.29) is 24.0 Å². The van der Waals surface area contributed by atoms with Crippen molar-refractivity contribution in [1.29, 1.82) is 0 Å². The van der Waals surface area contributed by atoms with Gasteiger partial charge in [0.15, 0.2) is 0 Å². The minimum Gasteiger partial charge on any atom is -0.481 e. The van der Waals surface area contributed by atoms with Gasteiger partial charge >= 0.3 is 5.97 Å². The number of carboxylic acid groups (broad SMARTS) is 1. The lowest BCUT2D eigenvalue weighted by Crippen LogP contribution is -2.46. The highest BCUT2D eigenvalue weighted by molar-refractivity contribution is 5.78. The molecule has 0 saturated carbocycles. The Bertz CT molecular complexity index is 336. The van der Waals surface area contributed by atoms with Crippen LogP contribution in [0, 0.1) is 5.92 Å². The second kappa shape index (κ2) is 7.59. The van der Waals surface area contributed by atoms with Crippen LogP contribution in [-0.4, -0.2) is 60.3 Å². The molecule has 1 aliphatic heterocycles. The predicted molar refractivity (Wildman–Crippen MR) is 75.5 cm³/mol. The van der Waals surface area contributed by atoms with Crippen molar-refractivity contribution in [2.75, 3.05) is 32.8 Å². The van der Waals surface area contributed by atoms with E-state index in [4.69, 9.17) is 9.84 Å². The molecule has 0 aromatic heterocycles. The molecule has 1 rings (SSSR count). The molecule has 1 aliphatic rings. The van der Waals surface area contributed by atoms with Crippen LogP contribution in [-0.2, 0) is 14.3 Å². The lowest BCUT2D eigenvalue weighted by atomic mass is 9.97. The van der Waals surface area contributed by atoms with Gasteiger partial charge < -0.3 is 20.1 Å². The normalized spacial score (nSPS) is 17.2. The molecule has 1 amide bonds. The summed E-state index contributed by atoms with van der Waals surface area (Å²) >= 11 is 0. The number of ether oxygens (including phenoxy) is 1. The van der Waals surface area contributed by atoms with E-state index in [9.17, 15) is 9.59 Å². The lowest BCUT2D eigenvalue weighted by molar-refractivity contribution is -0.145. The Morgan fingerprint density at radius 1 is 1.35 bits per heavy atom. The number of nitrogens with one attached hydrogen (secondary N) is 1. The fourth-order valence-corrected chi connectivity index (χ4v) is 2.40. The molecular weight excluding hydrogens is 260 g/mol. The highest BCUT2D eigenvalue weighted by Gasteiger charge is 2.27. The summed E-state index contributed by atoms with van der Waals surface area (Å²) in [7, 11) is 0. The Balaban J connectivity index is 2.26. The highest BCUT2D eigenvalue weighted by Crippen LogP contribution is 2.17. The van der Waals surface area contributed by atoms with Gasteiger partial charge in [0.05, 0.1) is 18.1 Å². The number of carbonyl (C=O) groups excluding carboxylic acids is 1. The Morgan fingerprint density at radius 3 is 2.45 bits per heavy atom. The molecule has 1 heterocycles. The van der Waals surface area contributed by atoms with Crippen molar-refractivity contribution in [1.82, 2.24) is 10.2 Å². The number of carboxylic acids is 1. The number of likely N-dealkylation sites (tertiary alicyclic amines) is 1. The van der Waals surface area contributed by atoms with Crippen LogP contribution in [0.2, 0.25) is 0 Å². The quantitative estimate of drug-likeness (QED) is 0.721. The SMILES string of the molecule is CCOC(C)(C)CNCC(=O)N1CCC(C(=O)O)CC1. The number of rotatable bonds is 7. The Kier molecular flexibility index (Phi) is 6.42. The van der Waals surface area contributed by atoms with Crippen LogP contribution < -0.4 is 5.32 Å². The Morgan fingerprint density at radius 2 is 1.95 bits per heavy atom. The van der Waals surface area contributed by atoms with Gasteiger partial charge in [-0.1, -0.05) is 0 Å². The molecule has 0 spiro atoms. The molecular formula is C14H26N2O4. The van der Waals surface area contributed by atoms with Crippen LogP contribution in [0.4, 0.5) is 0 Å². The van der Waals surface area contributed by atoms with E-state index in [2.05, 4.69) is 5.32 Å². The maximum absolute atomic E-state index is 12.0. The van der Waals surface area contributed by atoms with Crippen LogP contribution in [0.1, 0.15) is 33.6 Å². The van der Waals surface area contributed by atoms with E-state index >= 15 is 0 Å². The van der Waals surface area contributed by atoms with Gasteiger partial charge in [-0.05, 0) is 33.6 Å². The van der Waals surface area contributed by atoms with Crippen molar-refractivity contribution in [2.24, 2.45) is 5.92 Å². The first-order valence-electron chi connectivity index (χ1n) is 7.21. The molecule has 0 aromatic carbocycles. The van der Waals surface area contributed by atoms with Crippen molar-refractivity contribution in [3.8, 4) is 0 Å². The van der Waals surface area contributed by atoms with Crippen LogP contribution in [0.5, 0.6) is 0 Å². The molecule has 2 N–H and O–H groups in total. The lowest BCUT2D eigenvalue weighted by Gasteiger charge is -2.31. The first-order chi connectivity index (χ1) is 9.35. The maximum atomic E-state index is 12.0. The fraction of sp³-hybridized carbons (Fsp3) is 0.857. The summed E-state index contributed by atoms with van der Waals surface area (Å²) in [5.74, 6) is -1.03. The third kappa shape index (κ3) is 5.46. The number of aliphatic carboxylic acids is 1. The van der Waals surface area contributed by atoms with Crippen LogP contribution in [0.3, 0.4) is 0 Å². The van der Waals surface area contributed by atoms with Gasteiger partial charge in [-0.2, -0.15) is 0 Å². The number of nitrogens with zero attached hydrogens (tertiary/aromatic N) is 1. The summed E-state index contributed by atoms with van der Waals surface area (Å²) in [6.45, 7) is 8.49. The Labute approximate surface area is 120 Å². The molecule has 0 bridgehead atoms. The van der Waals surface area contributed by atoms with Crippen molar-refractivity contribution < 1.29 is 19.4 Å². The summed E-state index contributed by atoms with van der Waals surface area (Å²) in [5.41, 5.74) is -0.286. The largest absolute Gasteiger partial charge is 0.481 e. The summed E-state index contributed by atoms with van der Waals surface area (Å²) in [4.78, 5) is 24.6. The van der Waals surface area contributed by atoms with E-state index in [1.54, 1.807) is 4.90 Å². The van der Waals surface area contributed by atoms with Gasteiger partial charge in [0.25, 0.3) is 0 Å². The van der Waals surface area contributed by atoms with Crippen molar-refractivity contribution >= 4 is 11.9 Å². The zero-order chi connectivity index (χ0) is 15.2. The molecule has 0 unspecified atom stereocenters. The van der Waals surface area contributed by atoms with Crippen molar-refractivity contribution in [2.45, 2.75) is 39.2 Å². The molecule has 20 heavy (non-hydrogen) atoms. The van der Waals surface area contributed by atoms with E-state index < -0.39 is 5.97 Å². The van der Waals surface area contributed by atoms with Gasteiger partial charge in [0.2, 0.25) is 5.91 Å². The molecule has 0 aromatic rings. The number of carbonyl (C=O) groups is 2. The van der Waals surface area contributed by atoms with Gasteiger partial charge in [-0.25, -0.2) is 0 Å². The third-order valence-electron chi connectivity index (χ3n) is 3.56. The van der Waals surface area contributed by atoms with Crippen LogP contribution in [0.15, 0.2) is 0 Å². The van der Waals surface area contributed by atoms with Crippen molar-refractivity contribution in [3.05, 3.63) is 0 Å².